The molecule has 0 amide bonds. The van der Waals surface area contributed by atoms with Gasteiger partial charge in [-0.3, -0.25) is 0 Å². The van der Waals surface area contributed by atoms with E-state index in [1.54, 1.807) is 0 Å². The summed E-state index contributed by atoms with van der Waals surface area (Å²) in [7, 11) is 0. The van der Waals surface area contributed by atoms with Gasteiger partial charge in [-0.2, -0.15) is 0 Å². The van der Waals surface area contributed by atoms with Gasteiger partial charge in [-0.1, -0.05) is 11.6 Å². The molecule has 1 aliphatic rings. The van der Waals surface area contributed by atoms with Gasteiger partial charge in [-0.05, 0) is 12.8 Å². The highest BCUT2D eigenvalue weighted by atomic mass is 35.5. The zero-order valence-corrected chi connectivity index (χ0v) is 8.09. The molecule has 1 unspecified atom stereocenters. The first-order valence-corrected chi connectivity index (χ1v) is 4.83. The van der Waals surface area contributed by atoms with Gasteiger partial charge in [0, 0.05) is 13.0 Å². The normalized spacial score (nSPS) is 23.3. The van der Waals surface area contributed by atoms with Crippen LogP contribution in [0.1, 0.15) is 19.3 Å². The van der Waals surface area contributed by atoms with Gasteiger partial charge >= 0.3 is 6.16 Å². The molecule has 0 aromatic heterocycles. The lowest BCUT2D eigenvalue weighted by molar-refractivity contribution is 0.0253. The average molecular weight is 209 g/mol. The molecule has 0 aromatic carbocycles. The Morgan fingerprint density at radius 3 is 3.08 bits per heavy atom. The van der Waals surface area contributed by atoms with Crippen LogP contribution in [0.5, 0.6) is 0 Å². The predicted octanol–water partition coefficient (Wildman–Crippen LogP) is 1.91. The molecular formula is C8H13ClO4. The fourth-order valence-corrected chi connectivity index (χ4v) is 1.30. The van der Waals surface area contributed by atoms with E-state index >= 15 is 0 Å². The molecule has 4 nitrogen and oxygen atoms in total. The molecule has 1 rings (SSSR count). The SMILES string of the molecule is O=C(OCCl)OC1CCCOCC1. The third kappa shape index (κ3) is 4.33. The van der Waals surface area contributed by atoms with E-state index in [4.69, 9.17) is 21.1 Å². The molecular weight excluding hydrogens is 196 g/mol. The highest BCUT2D eigenvalue weighted by molar-refractivity contribution is 6.17. The molecule has 0 aromatic rings. The first-order chi connectivity index (χ1) is 6.33. The van der Waals surface area contributed by atoms with E-state index in [0.29, 0.717) is 6.61 Å². The molecule has 1 fully saturated rings. The number of hydrogen-bond donors (Lipinski definition) is 0. The Morgan fingerprint density at radius 2 is 2.31 bits per heavy atom. The highest BCUT2D eigenvalue weighted by Crippen LogP contribution is 2.12. The number of carbonyl (C=O) groups is 1. The van der Waals surface area contributed by atoms with E-state index in [-0.39, 0.29) is 12.2 Å². The molecule has 1 aliphatic heterocycles. The van der Waals surface area contributed by atoms with Crippen LogP contribution in [0.3, 0.4) is 0 Å². The highest BCUT2D eigenvalue weighted by Gasteiger charge is 2.17. The van der Waals surface area contributed by atoms with E-state index in [1.807, 2.05) is 0 Å². The summed E-state index contributed by atoms with van der Waals surface area (Å²) in [4.78, 5) is 10.9. The average Bonchev–Trinajstić information content (AvgIpc) is 2.33. The lowest BCUT2D eigenvalue weighted by Gasteiger charge is -2.13. The third-order valence-electron chi connectivity index (χ3n) is 1.83. The Labute approximate surface area is 82.1 Å². The van der Waals surface area contributed by atoms with E-state index in [0.717, 1.165) is 25.9 Å². The van der Waals surface area contributed by atoms with Crippen molar-refractivity contribution in [3.63, 3.8) is 0 Å². The van der Waals surface area contributed by atoms with Gasteiger partial charge in [0.25, 0.3) is 0 Å². The van der Waals surface area contributed by atoms with Crippen LogP contribution >= 0.6 is 11.6 Å². The van der Waals surface area contributed by atoms with Crippen LogP contribution in [-0.2, 0) is 14.2 Å². The number of rotatable bonds is 2. The third-order valence-corrected chi connectivity index (χ3v) is 1.94. The summed E-state index contributed by atoms with van der Waals surface area (Å²) in [6, 6.07) is -0.165. The van der Waals surface area contributed by atoms with E-state index < -0.39 is 6.16 Å². The monoisotopic (exact) mass is 208 g/mol. The van der Waals surface area contributed by atoms with Gasteiger partial charge in [0.1, 0.15) is 6.10 Å². The zero-order chi connectivity index (χ0) is 9.52. The molecule has 76 valence electrons. The van der Waals surface area contributed by atoms with Crippen LogP contribution in [0, 0.1) is 0 Å². The smallest absolute Gasteiger partial charge is 0.431 e. The van der Waals surface area contributed by atoms with Gasteiger partial charge < -0.3 is 14.2 Å². The Bertz CT molecular complexity index is 154. The van der Waals surface area contributed by atoms with Crippen LogP contribution in [0.2, 0.25) is 0 Å². The summed E-state index contributed by atoms with van der Waals surface area (Å²) < 4.78 is 14.6. The molecule has 0 saturated carbocycles. The predicted molar refractivity (Wildman–Crippen MR) is 46.7 cm³/mol. The Hall–Kier alpha value is -0.480. The molecule has 0 spiro atoms. The van der Waals surface area contributed by atoms with Crippen molar-refractivity contribution in [2.45, 2.75) is 25.4 Å². The standard InChI is InChI=1S/C8H13ClO4/c9-6-12-8(10)13-7-2-1-4-11-5-3-7/h7H,1-6H2. The second-order valence-corrected chi connectivity index (χ2v) is 3.00. The summed E-state index contributed by atoms with van der Waals surface area (Å²) >= 11 is 5.20. The van der Waals surface area contributed by atoms with Crippen molar-refractivity contribution < 1.29 is 19.0 Å². The lowest BCUT2D eigenvalue weighted by Crippen LogP contribution is -2.19. The van der Waals surface area contributed by atoms with E-state index in [9.17, 15) is 4.79 Å². The number of ether oxygens (including phenoxy) is 3. The summed E-state index contributed by atoms with van der Waals surface area (Å²) in [6.07, 6.45) is 1.70. The number of halogens is 1. The van der Waals surface area contributed by atoms with Gasteiger partial charge in [0.2, 0.25) is 0 Å². The summed E-state index contributed by atoms with van der Waals surface area (Å²) in [5, 5.41) is 0. The van der Waals surface area contributed by atoms with E-state index in [2.05, 4.69) is 4.74 Å². The summed E-state index contributed by atoms with van der Waals surface area (Å²) in [5.74, 6) is 0. The zero-order valence-electron chi connectivity index (χ0n) is 7.33. The molecule has 5 heteroatoms. The minimum Gasteiger partial charge on any atom is -0.431 e. The topological polar surface area (TPSA) is 44.8 Å². The lowest BCUT2D eigenvalue weighted by atomic mass is 10.2. The van der Waals surface area contributed by atoms with Crippen LogP contribution < -0.4 is 0 Å². The largest absolute Gasteiger partial charge is 0.509 e. The van der Waals surface area contributed by atoms with Gasteiger partial charge in [-0.25, -0.2) is 4.79 Å². The Balaban J connectivity index is 2.21. The number of carbonyl (C=O) groups excluding carboxylic acids is 1. The number of hydrogen-bond acceptors (Lipinski definition) is 4. The molecule has 1 atom stereocenters. The fraction of sp³-hybridized carbons (Fsp3) is 0.875. The maximum atomic E-state index is 10.9. The van der Waals surface area contributed by atoms with Crippen molar-refractivity contribution in [1.82, 2.24) is 0 Å². The first kappa shape index (κ1) is 10.6. The van der Waals surface area contributed by atoms with Crippen LogP contribution in [0.25, 0.3) is 0 Å². The molecule has 0 N–H and O–H groups in total. The molecule has 0 radical (unpaired) electrons. The van der Waals surface area contributed by atoms with Crippen LogP contribution in [0.15, 0.2) is 0 Å². The van der Waals surface area contributed by atoms with Crippen LogP contribution in [0.4, 0.5) is 4.79 Å². The summed E-state index contributed by atoms with van der Waals surface area (Å²) in [5.41, 5.74) is 0. The van der Waals surface area contributed by atoms with Gasteiger partial charge in [0.05, 0.1) is 6.61 Å². The summed E-state index contributed by atoms with van der Waals surface area (Å²) in [6.45, 7) is 1.38. The van der Waals surface area contributed by atoms with Crippen molar-refractivity contribution in [2.24, 2.45) is 0 Å². The van der Waals surface area contributed by atoms with Crippen molar-refractivity contribution >= 4 is 17.8 Å². The molecule has 1 saturated heterocycles. The minimum absolute atomic E-state index is 0.0850. The number of alkyl halides is 1. The van der Waals surface area contributed by atoms with Gasteiger partial charge in [0.15, 0.2) is 6.07 Å². The van der Waals surface area contributed by atoms with Crippen LogP contribution in [-0.4, -0.2) is 31.5 Å². The maximum absolute atomic E-state index is 10.9. The first-order valence-electron chi connectivity index (χ1n) is 4.30. The van der Waals surface area contributed by atoms with E-state index in [1.165, 1.54) is 0 Å². The van der Waals surface area contributed by atoms with Crippen molar-refractivity contribution in [1.29, 1.82) is 0 Å². The second kappa shape index (κ2) is 6.05. The Morgan fingerprint density at radius 1 is 1.46 bits per heavy atom. The minimum atomic E-state index is -0.693. The quantitative estimate of drug-likeness (QED) is 0.514. The van der Waals surface area contributed by atoms with Crippen molar-refractivity contribution in [3.05, 3.63) is 0 Å². The van der Waals surface area contributed by atoms with Gasteiger partial charge in [-0.15, -0.1) is 0 Å². The molecule has 1 heterocycles. The molecule has 13 heavy (non-hydrogen) atoms. The van der Waals surface area contributed by atoms with Crippen molar-refractivity contribution in [2.75, 3.05) is 19.3 Å². The molecule has 0 bridgehead atoms. The molecule has 0 aliphatic carbocycles. The maximum Gasteiger partial charge on any atom is 0.509 e. The fourth-order valence-electron chi connectivity index (χ4n) is 1.21. The second-order valence-electron chi connectivity index (χ2n) is 2.79. The Kier molecular flexibility index (Phi) is 4.93. The van der Waals surface area contributed by atoms with Crippen molar-refractivity contribution in [3.8, 4) is 0 Å².